The topological polar surface area (TPSA) is 64.4 Å². The Bertz CT molecular complexity index is 623. The molecule has 0 bridgehead atoms. The van der Waals surface area contributed by atoms with E-state index in [1.165, 1.54) is 0 Å². The van der Waals surface area contributed by atoms with Gasteiger partial charge < -0.3 is 15.8 Å². The van der Waals surface area contributed by atoms with Crippen LogP contribution in [0.5, 0.6) is 0 Å². The largest absolute Gasteiger partial charge is 0.377 e. The number of ether oxygens (including phenoxy) is 1. The Hall–Kier alpha value is -0.810. The summed E-state index contributed by atoms with van der Waals surface area (Å²) in [6.07, 6.45) is 1.98. The van der Waals surface area contributed by atoms with Crippen molar-refractivity contribution in [1.29, 1.82) is 0 Å². The van der Waals surface area contributed by atoms with Crippen LogP contribution in [0.2, 0.25) is 5.02 Å². The summed E-state index contributed by atoms with van der Waals surface area (Å²) in [4.78, 5) is 13.0. The summed E-state index contributed by atoms with van der Waals surface area (Å²) in [7, 11) is 0. The molecule has 2 aliphatic rings. The number of carbonyl (C=O) groups excluding carboxylic acids is 1. The normalized spacial score (nSPS) is 31.9. The van der Waals surface area contributed by atoms with Crippen molar-refractivity contribution in [3.8, 4) is 0 Å². The second-order valence-electron chi connectivity index (χ2n) is 7.35. The average molecular weight is 373 g/mol. The molecular weight excluding hydrogens is 347 g/mol. The van der Waals surface area contributed by atoms with Gasteiger partial charge in [-0.3, -0.25) is 4.79 Å². The van der Waals surface area contributed by atoms with E-state index >= 15 is 0 Å². The Labute approximate surface area is 154 Å². The second-order valence-corrected chi connectivity index (χ2v) is 7.75. The first-order valence-corrected chi connectivity index (χ1v) is 8.64. The van der Waals surface area contributed by atoms with Gasteiger partial charge in [-0.15, -0.1) is 12.4 Å². The van der Waals surface area contributed by atoms with Crippen molar-refractivity contribution in [2.24, 2.45) is 17.1 Å². The number of halogens is 2. The van der Waals surface area contributed by atoms with Crippen LogP contribution in [0.1, 0.15) is 45.2 Å². The van der Waals surface area contributed by atoms with Gasteiger partial charge in [-0.1, -0.05) is 43.6 Å². The molecule has 0 spiro atoms. The summed E-state index contributed by atoms with van der Waals surface area (Å²) < 4.78 is 5.87. The maximum atomic E-state index is 13.0. The van der Waals surface area contributed by atoms with Crippen molar-refractivity contribution >= 4 is 29.9 Å². The van der Waals surface area contributed by atoms with Gasteiger partial charge in [-0.2, -0.15) is 0 Å². The van der Waals surface area contributed by atoms with Crippen molar-refractivity contribution in [3.63, 3.8) is 0 Å². The van der Waals surface area contributed by atoms with Gasteiger partial charge in [0.1, 0.15) is 5.54 Å². The van der Waals surface area contributed by atoms with Crippen molar-refractivity contribution in [2.75, 3.05) is 6.61 Å². The molecule has 4 nitrogen and oxygen atoms in total. The lowest BCUT2D eigenvalue weighted by Crippen LogP contribution is -2.82. The standard InChI is InChI=1S/C18H25ClN2O2.ClH/c1-11(12-7-4-5-9-14(12)19)21-16(22)18(20)13-8-6-10-23-15(13)17(18,2)3;/h4-5,7,9,11,13,15H,6,8,10,20H2,1-3H3,(H,21,22);1H. The Morgan fingerprint density at radius 1 is 1.42 bits per heavy atom. The predicted octanol–water partition coefficient (Wildman–Crippen LogP) is 3.47. The Morgan fingerprint density at radius 3 is 2.75 bits per heavy atom. The highest BCUT2D eigenvalue weighted by atomic mass is 35.5. The number of hydrogen-bond donors (Lipinski definition) is 2. The van der Waals surface area contributed by atoms with Crippen molar-refractivity contribution in [3.05, 3.63) is 34.9 Å². The Morgan fingerprint density at radius 2 is 2.08 bits per heavy atom. The highest BCUT2D eigenvalue weighted by Gasteiger charge is 2.70. The number of benzene rings is 1. The van der Waals surface area contributed by atoms with Gasteiger partial charge in [-0.05, 0) is 31.4 Å². The van der Waals surface area contributed by atoms with E-state index < -0.39 is 5.54 Å². The van der Waals surface area contributed by atoms with E-state index in [0.717, 1.165) is 25.0 Å². The molecule has 3 rings (SSSR count). The van der Waals surface area contributed by atoms with Crippen LogP contribution in [-0.2, 0) is 9.53 Å². The van der Waals surface area contributed by atoms with Crippen molar-refractivity contribution in [2.45, 2.75) is 51.3 Å². The summed E-state index contributed by atoms with van der Waals surface area (Å²) >= 11 is 6.23. The molecule has 4 atom stereocenters. The third kappa shape index (κ3) is 2.74. The van der Waals surface area contributed by atoms with Gasteiger partial charge in [0, 0.05) is 23.0 Å². The molecule has 0 radical (unpaired) electrons. The van der Waals surface area contributed by atoms with Crippen LogP contribution in [0, 0.1) is 11.3 Å². The monoisotopic (exact) mass is 372 g/mol. The van der Waals surface area contributed by atoms with E-state index in [2.05, 4.69) is 5.32 Å². The highest BCUT2D eigenvalue weighted by molar-refractivity contribution is 6.31. The minimum atomic E-state index is -0.895. The number of nitrogens with one attached hydrogen (secondary N) is 1. The maximum absolute atomic E-state index is 13.0. The van der Waals surface area contributed by atoms with E-state index in [4.69, 9.17) is 22.1 Å². The number of carbonyl (C=O) groups is 1. The molecule has 1 aromatic carbocycles. The van der Waals surface area contributed by atoms with Gasteiger partial charge in [0.15, 0.2) is 0 Å². The Kier molecular flexibility index (Phi) is 5.55. The zero-order valence-corrected chi connectivity index (χ0v) is 15.9. The fourth-order valence-electron chi connectivity index (χ4n) is 4.26. The van der Waals surface area contributed by atoms with Crippen LogP contribution in [0.15, 0.2) is 24.3 Å². The zero-order valence-electron chi connectivity index (χ0n) is 14.3. The van der Waals surface area contributed by atoms with Gasteiger partial charge in [0.2, 0.25) is 5.91 Å². The molecule has 1 amide bonds. The van der Waals surface area contributed by atoms with Gasteiger partial charge >= 0.3 is 0 Å². The lowest BCUT2D eigenvalue weighted by molar-refractivity contribution is -0.225. The van der Waals surface area contributed by atoms with Crippen LogP contribution >= 0.6 is 24.0 Å². The van der Waals surface area contributed by atoms with Crippen molar-refractivity contribution < 1.29 is 9.53 Å². The van der Waals surface area contributed by atoms with Gasteiger partial charge in [-0.25, -0.2) is 0 Å². The molecule has 3 N–H and O–H groups in total. The second kappa shape index (κ2) is 6.83. The molecule has 1 aromatic rings. The molecular formula is C18H26Cl2N2O2. The van der Waals surface area contributed by atoms with Crippen molar-refractivity contribution in [1.82, 2.24) is 5.32 Å². The maximum Gasteiger partial charge on any atom is 0.241 e. The van der Waals surface area contributed by atoms with Crippen LogP contribution in [0.4, 0.5) is 0 Å². The van der Waals surface area contributed by atoms with Crippen LogP contribution in [0.3, 0.4) is 0 Å². The SMILES string of the molecule is CC(NC(=O)C1(N)C2CCCOC2C1(C)C)c1ccccc1Cl.Cl. The molecule has 1 saturated heterocycles. The smallest absolute Gasteiger partial charge is 0.241 e. The van der Waals surface area contributed by atoms with E-state index in [0.29, 0.717) is 5.02 Å². The fourth-order valence-corrected chi connectivity index (χ4v) is 4.56. The Balaban J connectivity index is 0.00000208. The van der Waals surface area contributed by atoms with Gasteiger partial charge in [0.25, 0.3) is 0 Å². The molecule has 4 unspecified atom stereocenters. The summed E-state index contributed by atoms with van der Waals surface area (Å²) in [5.41, 5.74) is 6.25. The lowest BCUT2D eigenvalue weighted by atomic mass is 9.46. The molecule has 2 fully saturated rings. The zero-order chi connectivity index (χ0) is 16.8. The third-order valence-electron chi connectivity index (χ3n) is 5.78. The first-order chi connectivity index (χ1) is 10.8. The lowest BCUT2D eigenvalue weighted by Gasteiger charge is -2.65. The molecule has 0 aromatic heterocycles. The van der Waals surface area contributed by atoms with Crippen LogP contribution < -0.4 is 11.1 Å². The molecule has 1 aliphatic heterocycles. The minimum absolute atomic E-state index is 0. The summed E-state index contributed by atoms with van der Waals surface area (Å²) in [6.45, 7) is 6.75. The van der Waals surface area contributed by atoms with Crippen LogP contribution in [-0.4, -0.2) is 24.2 Å². The molecule has 24 heavy (non-hydrogen) atoms. The van der Waals surface area contributed by atoms with E-state index in [1.54, 1.807) is 0 Å². The summed E-state index contributed by atoms with van der Waals surface area (Å²) in [5.74, 6) is -0.0219. The molecule has 1 aliphatic carbocycles. The summed E-state index contributed by atoms with van der Waals surface area (Å²) in [5, 5.41) is 3.72. The average Bonchev–Trinajstić information content (AvgIpc) is 2.54. The third-order valence-corrected chi connectivity index (χ3v) is 6.12. The molecule has 1 heterocycles. The quantitative estimate of drug-likeness (QED) is 0.853. The first kappa shape index (κ1) is 19.5. The van der Waals surface area contributed by atoms with E-state index in [-0.39, 0.29) is 41.8 Å². The number of rotatable bonds is 3. The minimum Gasteiger partial charge on any atom is -0.377 e. The van der Waals surface area contributed by atoms with Gasteiger partial charge in [0.05, 0.1) is 12.1 Å². The van der Waals surface area contributed by atoms with Crippen LogP contribution in [0.25, 0.3) is 0 Å². The highest BCUT2D eigenvalue weighted by Crippen LogP contribution is 2.57. The molecule has 134 valence electrons. The first-order valence-electron chi connectivity index (χ1n) is 8.26. The summed E-state index contributed by atoms with van der Waals surface area (Å²) in [6, 6.07) is 7.37. The number of fused-ring (bicyclic) bond motifs is 1. The number of nitrogens with two attached hydrogens (primary N) is 1. The number of amides is 1. The molecule has 6 heteroatoms. The van der Waals surface area contributed by atoms with E-state index in [1.807, 2.05) is 45.0 Å². The fraction of sp³-hybridized carbons (Fsp3) is 0.611. The number of hydrogen-bond acceptors (Lipinski definition) is 3. The van der Waals surface area contributed by atoms with E-state index in [9.17, 15) is 4.79 Å². The molecule has 1 saturated carbocycles. The predicted molar refractivity (Wildman–Crippen MR) is 98.4 cm³/mol.